The molecular weight excluding hydrogens is 304 g/mol. The van der Waals surface area contributed by atoms with E-state index in [4.69, 9.17) is 5.73 Å². The Bertz CT molecular complexity index is 428. The Labute approximate surface area is 124 Å². The van der Waals surface area contributed by atoms with E-state index in [1.54, 1.807) is 0 Å². The van der Waals surface area contributed by atoms with E-state index in [0.717, 1.165) is 16.5 Å². The minimum absolute atomic E-state index is 0.0951. The zero-order valence-corrected chi connectivity index (χ0v) is 13.6. The van der Waals surface area contributed by atoms with Gasteiger partial charge in [-0.2, -0.15) is 0 Å². The lowest BCUT2D eigenvalue weighted by atomic mass is 9.92. The Morgan fingerprint density at radius 2 is 1.89 bits per heavy atom. The van der Waals surface area contributed by atoms with Gasteiger partial charge in [0, 0.05) is 4.47 Å². The molecule has 0 bridgehead atoms. The maximum absolute atomic E-state index is 12.2. The summed E-state index contributed by atoms with van der Waals surface area (Å²) < 4.78 is 1.02. The summed E-state index contributed by atoms with van der Waals surface area (Å²) in [6, 6.07) is 7.48. The van der Waals surface area contributed by atoms with Crippen molar-refractivity contribution in [3.8, 4) is 0 Å². The second kappa shape index (κ2) is 6.53. The van der Waals surface area contributed by atoms with Crippen LogP contribution in [0.1, 0.15) is 39.7 Å². The van der Waals surface area contributed by atoms with Crippen molar-refractivity contribution in [2.24, 2.45) is 11.7 Å². The van der Waals surface area contributed by atoms with E-state index in [1.165, 1.54) is 0 Å². The number of carbonyl (C=O) groups excluding carboxylic acids is 1. The van der Waals surface area contributed by atoms with Crippen LogP contribution in [0.2, 0.25) is 0 Å². The highest BCUT2D eigenvalue weighted by molar-refractivity contribution is 9.10. The fourth-order valence-electron chi connectivity index (χ4n) is 1.84. The highest BCUT2D eigenvalue weighted by Crippen LogP contribution is 2.22. The molecule has 1 aromatic rings. The highest BCUT2D eigenvalue weighted by atomic mass is 79.9. The lowest BCUT2D eigenvalue weighted by molar-refractivity contribution is -0.125. The number of hydrogen-bond donors (Lipinski definition) is 2. The second-order valence-corrected chi connectivity index (χ2v) is 6.45. The molecular formula is C15H23BrN2O. The van der Waals surface area contributed by atoms with Gasteiger partial charge in [-0.1, -0.05) is 48.3 Å². The molecule has 2 atom stereocenters. The van der Waals surface area contributed by atoms with Crippen LogP contribution in [0.25, 0.3) is 0 Å². The molecule has 3 N–H and O–H groups in total. The lowest BCUT2D eigenvalue weighted by Crippen LogP contribution is -2.51. The van der Waals surface area contributed by atoms with Gasteiger partial charge >= 0.3 is 0 Å². The molecule has 2 unspecified atom stereocenters. The smallest absolute Gasteiger partial charge is 0.237 e. The van der Waals surface area contributed by atoms with Gasteiger partial charge in [0.05, 0.1) is 11.6 Å². The lowest BCUT2D eigenvalue weighted by Gasteiger charge is -2.29. The molecule has 0 fully saturated rings. The molecule has 0 saturated heterocycles. The summed E-state index contributed by atoms with van der Waals surface area (Å²) in [5.41, 5.74) is 6.59. The Balaban J connectivity index is 2.79. The first kappa shape index (κ1) is 16.2. The summed E-state index contributed by atoms with van der Waals surface area (Å²) in [6.45, 7) is 8.00. The topological polar surface area (TPSA) is 55.1 Å². The van der Waals surface area contributed by atoms with Gasteiger partial charge in [-0.05, 0) is 37.5 Å². The zero-order chi connectivity index (χ0) is 14.6. The van der Waals surface area contributed by atoms with Gasteiger partial charge in [0.1, 0.15) is 0 Å². The monoisotopic (exact) mass is 326 g/mol. The number of rotatable bonds is 5. The van der Waals surface area contributed by atoms with E-state index in [1.807, 2.05) is 52.0 Å². The molecule has 0 aliphatic rings. The van der Waals surface area contributed by atoms with E-state index in [9.17, 15) is 4.79 Å². The predicted molar refractivity (Wildman–Crippen MR) is 82.7 cm³/mol. The number of carbonyl (C=O) groups is 1. The molecule has 0 aromatic heterocycles. The average molecular weight is 327 g/mol. The average Bonchev–Trinajstić information content (AvgIpc) is 2.36. The Morgan fingerprint density at radius 1 is 1.37 bits per heavy atom. The van der Waals surface area contributed by atoms with Crippen molar-refractivity contribution in [3.63, 3.8) is 0 Å². The van der Waals surface area contributed by atoms with Crippen molar-refractivity contribution in [3.05, 3.63) is 34.3 Å². The summed E-state index contributed by atoms with van der Waals surface area (Å²) in [6.07, 6.45) is 0.896. The number of halogens is 1. The third-order valence-electron chi connectivity index (χ3n) is 3.56. The molecule has 0 aliphatic carbocycles. The molecule has 1 amide bonds. The van der Waals surface area contributed by atoms with Crippen LogP contribution >= 0.6 is 15.9 Å². The fraction of sp³-hybridized carbons (Fsp3) is 0.533. The van der Waals surface area contributed by atoms with Gasteiger partial charge in [0.25, 0.3) is 0 Å². The van der Waals surface area contributed by atoms with Gasteiger partial charge in [-0.25, -0.2) is 0 Å². The Hall–Kier alpha value is -0.870. The quantitative estimate of drug-likeness (QED) is 0.873. The van der Waals surface area contributed by atoms with Crippen molar-refractivity contribution in [1.29, 1.82) is 0 Å². The minimum Gasteiger partial charge on any atom is -0.346 e. The van der Waals surface area contributed by atoms with Crippen LogP contribution in [-0.4, -0.2) is 11.9 Å². The maximum atomic E-state index is 12.2. The molecule has 1 aromatic carbocycles. The van der Waals surface area contributed by atoms with Gasteiger partial charge in [-0.15, -0.1) is 0 Å². The van der Waals surface area contributed by atoms with E-state index in [2.05, 4.69) is 21.2 Å². The van der Waals surface area contributed by atoms with Crippen LogP contribution in [0.15, 0.2) is 28.7 Å². The number of benzene rings is 1. The van der Waals surface area contributed by atoms with Gasteiger partial charge in [0.2, 0.25) is 5.91 Å². The van der Waals surface area contributed by atoms with Gasteiger partial charge < -0.3 is 11.1 Å². The summed E-state index contributed by atoms with van der Waals surface area (Å²) in [5, 5.41) is 3.03. The first-order valence-electron chi connectivity index (χ1n) is 6.61. The van der Waals surface area contributed by atoms with E-state index < -0.39 is 11.6 Å². The molecule has 0 heterocycles. The number of nitrogens with one attached hydrogen (secondary N) is 1. The Morgan fingerprint density at radius 3 is 2.37 bits per heavy atom. The zero-order valence-electron chi connectivity index (χ0n) is 12.0. The van der Waals surface area contributed by atoms with Crippen molar-refractivity contribution in [2.75, 3.05) is 0 Å². The van der Waals surface area contributed by atoms with E-state index in [0.29, 0.717) is 0 Å². The van der Waals surface area contributed by atoms with Crippen LogP contribution < -0.4 is 11.1 Å². The third-order valence-corrected chi connectivity index (χ3v) is 4.09. The van der Waals surface area contributed by atoms with E-state index in [-0.39, 0.29) is 11.8 Å². The Kier molecular flexibility index (Phi) is 5.56. The predicted octanol–water partition coefficient (Wildman–Crippen LogP) is 3.17. The molecule has 1 rings (SSSR count). The maximum Gasteiger partial charge on any atom is 0.237 e. The molecule has 0 radical (unpaired) electrons. The molecule has 106 valence electrons. The molecule has 0 spiro atoms. The van der Waals surface area contributed by atoms with Gasteiger partial charge in [-0.3, -0.25) is 4.79 Å². The van der Waals surface area contributed by atoms with Crippen molar-refractivity contribution < 1.29 is 4.79 Å². The van der Waals surface area contributed by atoms with Crippen LogP contribution in [0, 0.1) is 5.92 Å². The molecule has 19 heavy (non-hydrogen) atoms. The van der Waals surface area contributed by atoms with Crippen LogP contribution in [-0.2, 0) is 10.3 Å². The molecule has 4 heteroatoms. The second-order valence-electron chi connectivity index (χ2n) is 5.53. The first-order chi connectivity index (χ1) is 8.77. The summed E-state index contributed by atoms with van der Waals surface area (Å²) in [7, 11) is 0. The number of amides is 1. The first-order valence-corrected chi connectivity index (χ1v) is 7.41. The largest absolute Gasteiger partial charge is 0.346 e. The molecule has 3 nitrogen and oxygen atoms in total. The van der Waals surface area contributed by atoms with Crippen LogP contribution in [0.5, 0.6) is 0 Å². The van der Waals surface area contributed by atoms with Crippen molar-refractivity contribution in [1.82, 2.24) is 5.32 Å². The fourth-order valence-corrected chi connectivity index (χ4v) is 2.11. The molecule has 0 aliphatic heterocycles. The highest BCUT2D eigenvalue weighted by Gasteiger charge is 2.27. The van der Waals surface area contributed by atoms with Crippen molar-refractivity contribution >= 4 is 21.8 Å². The normalized spacial score (nSPS) is 14.8. The number of nitrogens with two attached hydrogens (primary N) is 1. The summed E-state index contributed by atoms with van der Waals surface area (Å²) in [5.74, 6) is 0.0861. The molecule has 0 saturated carbocycles. The van der Waals surface area contributed by atoms with Crippen LogP contribution in [0.4, 0.5) is 0 Å². The van der Waals surface area contributed by atoms with Crippen LogP contribution in [0.3, 0.4) is 0 Å². The summed E-state index contributed by atoms with van der Waals surface area (Å²) in [4.78, 5) is 12.2. The standard InChI is InChI=1S/C15H23BrN2O/c1-5-10(2)13(17)14(19)18-15(3,4)11-6-8-12(16)9-7-11/h6-10,13H,5,17H2,1-4H3,(H,18,19). The number of hydrogen-bond acceptors (Lipinski definition) is 2. The van der Waals surface area contributed by atoms with Crippen molar-refractivity contribution in [2.45, 2.75) is 45.7 Å². The third kappa shape index (κ3) is 4.32. The minimum atomic E-state index is -0.459. The SMILES string of the molecule is CCC(C)C(N)C(=O)NC(C)(C)c1ccc(Br)cc1. The van der Waals surface area contributed by atoms with Gasteiger partial charge in [0.15, 0.2) is 0 Å². The van der Waals surface area contributed by atoms with E-state index >= 15 is 0 Å². The summed E-state index contributed by atoms with van der Waals surface area (Å²) >= 11 is 3.41.